The third-order valence-electron chi connectivity index (χ3n) is 6.97. The van der Waals surface area contributed by atoms with Crippen molar-refractivity contribution in [3.63, 3.8) is 0 Å². The molecule has 6 nitrogen and oxygen atoms in total. The predicted molar refractivity (Wildman–Crippen MR) is 103 cm³/mol. The number of carbonyl (C=O) groups is 1. The fraction of sp³-hybridized carbons (Fsp3) is 0.650. The van der Waals surface area contributed by atoms with E-state index in [1.807, 2.05) is 24.7 Å². The molecular weight excluding hydrogens is 362 g/mol. The van der Waals surface area contributed by atoms with Crippen LogP contribution >= 0.6 is 11.6 Å². The predicted octanol–water partition coefficient (Wildman–Crippen LogP) is 3.41. The number of hydrogen-bond donors (Lipinski definition) is 1. The van der Waals surface area contributed by atoms with E-state index < -0.39 is 0 Å². The third-order valence-corrected chi connectivity index (χ3v) is 7.52. The van der Waals surface area contributed by atoms with Gasteiger partial charge in [0.1, 0.15) is 12.4 Å². The van der Waals surface area contributed by atoms with Crippen LogP contribution in [-0.2, 0) is 6.67 Å². The highest BCUT2D eigenvalue weighted by Gasteiger charge is 2.48. The zero-order valence-electron chi connectivity index (χ0n) is 15.9. The number of hydrogen-bond acceptors (Lipinski definition) is 3. The lowest BCUT2D eigenvalue weighted by molar-refractivity contribution is -0.0120. The van der Waals surface area contributed by atoms with Gasteiger partial charge in [0.2, 0.25) is 0 Å². The number of halogens is 1. The second-order valence-corrected chi connectivity index (χ2v) is 9.17. The van der Waals surface area contributed by atoms with Crippen LogP contribution in [0.3, 0.4) is 0 Å². The zero-order valence-corrected chi connectivity index (χ0v) is 16.6. The highest BCUT2D eigenvalue weighted by Crippen LogP contribution is 2.53. The van der Waals surface area contributed by atoms with Crippen molar-refractivity contribution in [1.82, 2.24) is 24.9 Å². The number of carbonyl (C=O) groups excluding carboxylic acids is 1. The smallest absolute Gasteiger partial charge is 0.272 e. The maximum atomic E-state index is 12.8. The van der Waals surface area contributed by atoms with Gasteiger partial charge in [-0.1, -0.05) is 11.6 Å². The Hall–Kier alpha value is -1.82. The van der Waals surface area contributed by atoms with E-state index in [9.17, 15) is 4.79 Å². The van der Waals surface area contributed by atoms with Gasteiger partial charge in [0.15, 0.2) is 0 Å². The van der Waals surface area contributed by atoms with Gasteiger partial charge in [-0.25, -0.2) is 4.68 Å². The Balaban J connectivity index is 1.27. The SMILES string of the molecule is Cc1nn(Cn2ccc(C(=O)NC3C4CC5CC(C4)CC3C5)n2)c(C)c1Cl. The first-order valence-electron chi connectivity index (χ1n) is 10.0. The van der Waals surface area contributed by atoms with E-state index in [0.717, 1.165) is 23.2 Å². The molecule has 4 aliphatic rings. The van der Waals surface area contributed by atoms with Crippen LogP contribution in [0.5, 0.6) is 0 Å². The minimum absolute atomic E-state index is 0.0439. The Labute approximate surface area is 164 Å². The van der Waals surface area contributed by atoms with Gasteiger partial charge in [-0.3, -0.25) is 9.48 Å². The van der Waals surface area contributed by atoms with Gasteiger partial charge < -0.3 is 5.32 Å². The van der Waals surface area contributed by atoms with E-state index in [1.165, 1.54) is 32.1 Å². The van der Waals surface area contributed by atoms with E-state index in [4.69, 9.17) is 11.6 Å². The lowest BCUT2D eigenvalue weighted by Crippen LogP contribution is -2.55. The van der Waals surface area contributed by atoms with Crippen LogP contribution in [0.4, 0.5) is 0 Å². The summed E-state index contributed by atoms with van der Waals surface area (Å²) >= 11 is 6.21. The molecule has 4 bridgehead atoms. The monoisotopic (exact) mass is 387 g/mol. The van der Waals surface area contributed by atoms with Gasteiger partial charge in [0.25, 0.3) is 5.91 Å². The molecule has 4 fully saturated rings. The number of nitrogens with one attached hydrogen (secondary N) is 1. The molecule has 0 radical (unpaired) electrons. The van der Waals surface area contributed by atoms with Crippen LogP contribution in [0.15, 0.2) is 12.3 Å². The number of rotatable bonds is 4. The zero-order chi connectivity index (χ0) is 18.7. The van der Waals surface area contributed by atoms with Crippen molar-refractivity contribution in [1.29, 1.82) is 0 Å². The first-order valence-corrected chi connectivity index (χ1v) is 10.4. The molecule has 0 saturated heterocycles. The maximum absolute atomic E-state index is 12.8. The summed E-state index contributed by atoms with van der Waals surface area (Å²) in [6.07, 6.45) is 8.44. The van der Waals surface area contributed by atoms with Crippen molar-refractivity contribution in [2.24, 2.45) is 23.7 Å². The van der Waals surface area contributed by atoms with E-state index in [1.54, 1.807) is 10.7 Å². The molecule has 4 saturated carbocycles. The number of amides is 1. The lowest BCUT2D eigenvalue weighted by atomic mass is 9.54. The summed E-state index contributed by atoms with van der Waals surface area (Å²) in [5.41, 5.74) is 2.20. The molecule has 27 heavy (non-hydrogen) atoms. The summed E-state index contributed by atoms with van der Waals surface area (Å²) in [6, 6.07) is 2.13. The van der Waals surface area contributed by atoms with Gasteiger partial charge in [0.05, 0.1) is 16.4 Å². The van der Waals surface area contributed by atoms with Crippen molar-refractivity contribution in [3.05, 3.63) is 34.4 Å². The number of nitrogens with zero attached hydrogens (tertiary/aromatic N) is 4. The molecule has 0 aromatic carbocycles. The van der Waals surface area contributed by atoms with E-state index in [-0.39, 0.29) is 5.91 Å². The van der Waals surface area contributed by atoms with E-state index in [0.29, 0.717) is 35.3 Å². The molecule has 0 aliphatic heterocycles. The van der Waals surface area contributed by atoms with Crippen molar-refractivity contribution >= 4 is 17.5 Å². The van der Waals surface area contributed by atoms with Crippen LogP contribution in [0.1, 0.15) is 54.0 Å². The van der Waals surface area contributed by atoms with Crippen molar-refractivity contribution in [3.8, 4) is 0 Å². The van der Waals surface area contributed by atoms with Crippen molar-refractivity contribution < 1.29 is 4.79 Å². The second-order valence-electron chi connectivity index (χ2n) is 8.80. The molecule has 1 N–H and O–H groups in total. The highest BCUT2D eigenvalue weighted by atomic mass is 35.5. The minimum atomic E-state index is -0.0439. The largest absolute Gasteiger partial charge is 0.347 e. The van der Waals surface area contributed by atoms with Crippen molar-refractivity contribution in [2.45, 2.75) is 58.7 Å². The molecule has 0 atom stereocenters. The summed E-state index contributed by atoms with van der Waals surface area (Å²) in [4.78, 5) is 12.8. The lowest BCUT2D eigenvalue weighted by Gasteiger charge is -2.54. The molecular formula is C20H26ClN5O. The Kier molecular flexibility index (Phi) is 4.08. The van der Waals surface area contributed by atoms with Gasteiger partial charge in [0, 0.05) is 12.2 Å². The second kappa shape index (κ2) is 6.36. The van der Waals surface area contributed by atoms with Gasteiger partial charge in [-0.15, -0.1) is 0 Å². The molecule has 144 valence electrons. The Morgan fingerprint density at radius 2 is 1.81 bits per heavy atom. The molecule has 0 spiro atoms. The van der Waals surface area contributed by atoms with E-state index in [2.05, 4.69) is 15.5 Å². The number of aromatic nitrogens is 4. The van der Waals surface area contributed by atoms with Crippen LogP contribution in [-0.4, -0.2) is 31.5 Å². The maximum Gasteiger partial charge on any atom is 0.272 e. The summed E-state index contributed by atoms with van der Waals surface area (Å²) < 4.78 is 3.55. The molecule has 2 aromatic heterocycles. The summed E-state index contributed by atoms with van der Waals surface area (Å²) in [7, 11) is 0. The summed E-state index contributed by atoms with van der Waals surface area (Å²) in [5.74, 6) is 3.12. The summed E-state index contributed by atoms with van der Waals surface area (Å²) in [5, 5.41) is 12.9. The quantitative estimate of drug-likeness (QED) is 0.874. The highest BCUT2D eigenvalue weighted by molar-refractivity contribution is 6.31. The van der Waals surface area contributed by atoms with Crippen LogP contribution < -0.4 is 5.32 Å². The molecule has 0 unspecified atom stereocenters. The first-order chi connectivity index (χ1) is 13.0. The molecule has 4 aliphatic carbocycles. The molecule has 2 aromatic rings. The Morgan fingerprint density at radius 3 is 2.41 bits per heavy atom. The van der Waals surface area contributed by atoms with E-state index >= 15 is 0 Å². The molecule has 7 heteroatoms. The third kappa shape index (κ3) is 2.98. The van der Waals surface area contributed by atoms with Crippen LogP contribution in [0.2, 0.25) is 5.02 Å². The fourth-order valence-electron chi connectivity index (χ4n) is 5.90. The number of aryl methyl sites for hydroxylation is 1. The molecule has 1 amide bonds. The van der Waals surface area contributed by atoms with Gasteiger partial charge >= 0.3 is 0 Å². The fourth-order valence-corrected chi connectivity index (χ4v) is 6.03. The average Bonchev–Trinajstić information content (AvgIpc) is 3.19. The minimum Gasteiger partial charge on any atom is -0.347 e. The average molecular weight is 388 g/mol. The van der Waals surface area contributed by atoms with Crippen LogP contribution in [0, 0.1) is 37.5 Å². The topological polar surface area (TPSA) is 64.7 Å². The Morgan fingerprint density at radius 1 is 1.15 bits per heavy atom. The van der Waals surface area contributed by atoms with Gasteiger partial charge in [-0.05, 0) is 75.7 Å². The first kappa shape index (κ1) is 17.3. The Bertz CT molecular complexity index is 857. The van der Waals surface area contributed by atoms with Crippen LogP contribution in [0.25, 0.3) is 0 Å². The standard InChI is InChI=1S/C20H26ClN5O/c1-11-18(21)12(2)26(23-11)10-25-4-3-17(24-25)20(27)22-19-15-6-13-5-14(8-15)9-16(19)7-13/h3-4,13-16,19H,5-10H2,1-2H3,(H,22,27). The summed E-state index contributed by atoms with van der Waals surface area (Å²) in [6.45, 7) is 4.27. The van der Waals surface area contributed by atoms with Crippen molar-refractivity contribution in [2.75, 3.05) is 0 Å². The molecule has 2 heterocycles. The molecule has 6 rings (SSSR count). The van der Waals surface area contributed by atoms with Gasteiger partial charge in [-0.2, -0.15) is 10.2 Å². The normalized spacial score (nSPS) is 31.4.